The lowest BCUT2D eigenvalue weighted by atomic mass is 10.5. The van der Waals surface area contributed by atoms with E-state index in [1.807, 2.05) is 6.92 Å². The monoisotopic (exact) mass is 94.1 g/mol. The quantitative estimate of drug-likeness (QED) is 0.336. The van der Waals surface area contributed by atoms with Crippen LogP contribution in [-0.2, 0) is 0 Å². The molecule has 7 heavy (non-hydrogen) atoms. The molecule has 0 aliphatic heterocycles. The lowest BCUT2D eigenvalue weighted by Gasteiger charge is -1.64. The van der Waals surface area contributed by atoms with E-state index in [0.29, 0.717) is 0 Å². The molecule has 0 atom stereocenters. The summed E-state index contributed by atoms with van der Waals surface area (Å²) < 4.78 is 0. The number of allylic oxidation sites excluding steroid dienone is 1. The fourth-order valence-corrected chi connectivity index (χ4v) is 0.177. The molecule has 0 radical (unpaired) electrons. The van der Waals surface area contributed by atoms with Crippen LogP contribution in [-0.4, -0.2) is 6.72 Å². The highest BCUT2D eigenvalue weighted by atomic mass is 14.7. The van der Waals surface area contributed by atoms with E-state index in [1.165, 1.54) is 0 Å². The summed E-state index contributed by atoms with van der Waals surface area (Å²) in [5, 5.41) is 0. The Morgan fingerprint density at radius 3 is 2.43 bits per heavy atom. The molecule has 0 bridgehead atoms. The molecule has 1 heteroatoms. The molecule has 0 saturated heterocycles. The van der Waals surface area contributed by atoms with Crippen LogP contribution in [0.2, 0.25) is 0 Å². The van der Waals surface area contributed by atoms with Crippen molar-refractivity contribution in [3.8, 4) is 0 Å². The van der Waals surface area contributed by atoms with Crippen LogP contribution in [0.5, 0.6) is 0 Å². The average Bonchev–Trinajstić information content (AvgIpc) is 1.68. The third-order valence-electron chi connectivity index (χ3n) is 0.541. The van der Waals surface area contributed by atoms with Crippen LogP contribution in [0.25, 0.3) is 0 Å². The van der Waals surface area contributed by atoms with Crippen molar-refractivity contribution in [2.24, 2.45) is 0 Å². The number of nitrogens with one attached hydrogen (secondary N) is 1. The Labute approximate surface area is 43.4 Å². The van der Waals surface area contributed by atoms with Gasteiger partial charge in [0, 0.05) is 12.7 Å². The summed E-state index contributed by atoms with van der Waals surface area (Å²) in [7, 11) is 0. The van der Waals surface area contributed by atoms with E-state index in [0.717, 1.165) is 5.70 Å². The fourth-order valence-electron chi connectivity index (χ4n) is 0.177. The van der Waals surface area contributed by atoms with E-state index >= 15 is 0 Å². The predicted molar refractivity (Wildman–Crippen MR) is 29.9 cm³/mol. The largest absolute Gasteiger partial charge is 0.227 e. The predicted octanol–water partition coefficient (Wildman–Crippen LogP) is -0.389. The first-order valence-corrected chi connectivity index (χ1v) is 1.96. The van der Waals surface area contributed by atoms with Crippen molar-refractivity contribution in [3.05, 3.63) is 23.7 Å². The summed E-state index contributed by atoms with van der Waals surface area (Å²) in [5.74, 6) is 0. The van der Waals surface area contributed by atoms with Crippen LogP contribution in [0.4, 0.5) is 0 Å². The molecular weight excluding hydrogens is 86.1 g/mol. The maximum atomic E-state index is 3.39. The van der Waals surface area contributed by atoms with Crippen molar-refractivity contribution in [1.82, 2.24) is 0 Å². The summed E-state index contributed by atoms with van der Waals surface area (Å²) in [4.78, 5) is 2.62. The molecule has 0 amide bonds. The van der Waals surface area contributed by atoms with Crippen molar-refractivity contribution in [2.75, 3.05) is 0 Å². The molecule has 0 aromatic rings. The van der Waals surface area contributed by atoms with Gasteiger partial charge < -0.3 is 0 Å². The molecule has 0 fully saturated rings. The molecule has 1 nitrogen and oxygen atoms in total. The molecule has 0 aliphatic rings. The topological polar surface area (TPSA) is 14.0 Å². The van der Waals surface area contributed by atoms with E-state index in [1.54, 1.807) is 0 Å². The van der Waals surface area contributed by atoms with Gasteiger partial charge in [-0.15, -0.1) is 0 Å². The van der Waals surface area contributed by atoms with E-state index in [9.17, 15) is 0 Å². The zero-order chi connectivity index (χ0) is 5.70. The van der Waals surface area contributed by atoms with Crippen LogP contribution >= 0.6 is 0 Å². The third kappa shape index (κ3) is 2.78. The second-order valence-electron chi connectivity index (χ2n) is 1.10. The van der Waals surface area contributed by atoms with E-state index in [2.05, 4.69) is 29.8 Å². The summed E-state index contributed by atoms with van der Waals surface area (Å²) >= 11 is 0. The van der Waals surface area contributed by atoms with Crippen molar-refractivity contribution in [3.63, 3.8) is 0 Å². The van der Waals surface area contributed by atoms with Crippen LogP contribution in [0, 0.1) is 0 Å². The zero-order valence-corrected chi connectivity index (χ0v) is 4.41. The molecule has 0 aromatic heterocycles. The Morgan fingerprint density at radius 2 is 2.29 bits per heavy atom. The summed E-state index contributed by atoms with van der Waals surface area (Å²) in [6.45, 7) is 8.55. The molecule has 1 N–H and O–H groups in total. The van der Waals surface area contributed by atoms with Crippen molar-refractivity contribution < 1.29 is 4.99 Å². The van der Waals surface area contributed by atoms with Crippen LogP contribution in [0.1, 0.15) is 6.92 Å². The number of rotatable bonds is 1. The van der Waals surface area contributed by atoms with Crippen LogP contribution < -0.4 is 4.99 Å². The lowest BCUT2D eigenvalue weighted by molar-refractivity contribution is -0.385. The Morgan fingerprint density at radius 1 is 1.71 bits per heavy atom. The van der Waals surface area contributed by atoms with Gasteiger partial charge >= 0.3 is 0 Å². The number of hydrogen-bond donors (Lipinski definition) is 1. The van der Waals surface area contributed by atoms with Crippen LogP contribution in [0.15, 0.2) is 23.7 Å². The maximum absolute atomic E-state index is 3.39. The Hall–Kier alpha value is -1.03. The van der Waals surface area contributed by atoms with Gasteiger partial charge in [0.15, 0.2) is 0 Å². The maximum Gasteiger partial charge on any atom is 0.227 e. The molecular formula is C6H8N+. The SMILES string of the molecule is C=C=C=C(C)[NH+]=C. The normalized spacial score (nSPS) is 5.86. The van der Waals surface area contributed by atoms with E-state index < -0.39 is 0 Å². The highest BCUT2D eigenvalue weighted by molar-refractivity contribution is 5.14. The smallest absolute Gasteiger partial charge is 0.215 e. The molecule has 36 valence electrons. The van der Waals surface area contributed by atoms with Gasteiger partial charge in [-0.1, -0.05) is 5.73 Å². The van der Waals surface area contributed by atoms with Gasteiger partial charge in [0.25, 0.3) is 0 Å². The van der Waals surface area contributed by atoms with Crippen molar-refractivity contribution in [1.29, 1.82) is 0 Å². The standard InChI is InChI=1S/C6H7N/c1-4-5-6(2)7-3/h1,3H2,2H3/p+1. The minimum atomic E-state index is 0.843. The molecule has 0 spiro atoms. The molecule has 0 aliphatic carbocycles. The second-order valence-corrected chi connectivity index (χ2v) is 1.10. The van der Waals surface area contributed by atoms with Gasteiger partial charge in [-0.2, -0.15) is 0 Å². The van der Waals surface area contributed by atoms with Gasteiger partial charge in [0.05, 0.1) is 0 Å². The van der Waals surface area contributed by atoms with Crippen molar-refractivity contribution >= 4 is 6.72 Å². The minimum absolute atomic E-state index is 0.843. The van der Waals surface area contributed by atoms with Gasteiger partial charge in [-0.05, 0) is 6.58 Å². The molecule has 0 rings (SSSR count). The molecule has 0 heterocycles. The van der Waals surface area contributed by atoms with Gasteiger partial charge in [0.1, 0.15) is 6.72 Å². The van der Waals surface area contributed by atoms with E-state index in [4.69, 9.17) is 0 Å². The first-order chi connectivity index (χ1) is 3.31. The van der Waals surface area contributed by atoms with Gasteiger partial charge in [-0.3, -0.25) is 0 Å². The summed E-state index contributed by atoms with van der Waals surface area (Å²) in [6.07, 6.45) is 0. The first-order valence-electron chi connectivity index (χ1n) is 1.96. The first kappa shape index (κ1) is 5.97. The van der Waals surface area contributed by atoms with E-state index in [-0.39, 0.29) is 0 Å². The van der Waals surface area contributed by atoms with Gasteiger partial charge in [-0.25, -0.2) is 4.99 Å². The summed E-state index contributed by atoms with van der Waals surface area (Å²) in [5.41, 5.74) is 6.00. The Balaban J connectivity index is 4.31. The fraction of sp³-hybridized carbons (Fsp3) is 0.167. The molecule has 0 unspecified atom stereocenters. The molecule has 0 aromatic carbocycles. The minimum Gasteiger partial charge on any atom is -0.215 e. The molecule has 0 saturated carbocycles. The van der Waals surface area contributed by atoms with Crippen LogP contribution in [0.3, 0.4) is 0 Å². The lowest BCUT2D eigenvalue weighted by Crippen LogP contribution is -2.62. The Kier molecular flexibility index (Phi) is 2.70. The Bertz CT molecular complexity index is 144. The average molecular weight is 94.1 g/mol. The highest BCUT2D eigenvalue weighted by Crippen LogP contribution is 1.62. The summed E-state index contributed by atoms with van der Waals surface area (Å²) in [6, 6.07) is 0. The third-order valence-corrected chi connectivity index (χ3v) is 0.541. The number of hydrogen-bond acceptors (Lipinski definition) is 0. The van der Waals surface area contributed by atoms with Crippen molar-refractivity contribution in [2.45, 2.75) is 6.92 Å². The second kappa shape index (κ2) is 3.17. The zero-order valence-electron chi connectivity index (χ0n) is 4.41. The van der Waals surface area contributed by atoms with Gasteiger partial charge in [0.2, 0.25) is 5.70 Å². The highest BCUT2D eigenvalue weighted by Gasteiger charge is 1.76.